The number of carbonyl (C=O) groups excluding carboxylic acids is 4. The Kier molecular flexibility index (Phi) is 20.7. The first kappa shape index (κ1) is 48.7. The van der Waals surface area contributed by atoms with E-state index in [0.29, 0.717) is 5.56 Å². The molecule has 0 aliphatic carbocycles. The number of hydrogen-bond acceptors (Lipinski definition) is 13. The first-order chi connectivity index (χ1) is 27.9. The van der Waals surface area contributed by atoms with Gasteiger partial charge in [0.05, 0.1) is 11.5 Å². The molecule has 11 N–H and O–H groups in total. The van der Waals surface area contributed by atoms with E-state index in [9.17, 15) is 57.5 Å². The first-order valence-corrected chi connectivity index (χ1v) is 19.6. The summed E-state index contributed by atoms with van der Waals surface area (Å²) < 4.78 is 32.9. The Hall–Kier alpha value is -6.40. The number of aliphatic imine (C=N–C) groups is 1. The Labute approximate surface area is 338 Å². The van der Waals surface area contributed by atoms with Crippen molar-refractivity contribution in [2.24, 2.45) is 10.7 Å². The Balaban J connectivity index is 2.19. The summed E-state index contributed by atoms with van der Waals surface area (Å²) in [6.45, 7) is 0.364. The topological polar surface area (TPSA) is 360 Å². The van der Waals surface area contributed by atoms with Gasteiger partial charge in [-0.25, -0.2) is 37.8 Å². The number of carboxylic acid groups (broad SMARTS) is 2. The van der Waals surface area contributed by atoms with E-state index in [1.807, 2.05) is 0 Å². The summed E-state index contributed by atoms with van der Waals surface area (Å²) in [5.41, 5.74) is 8.53. The number of rotatable bonds is 26. The van der Waals surface area contributed by atoms with E-state index in [1.54, 1.807) is 54.8 Å². The van der Waals surface area contributed by atoms with Gasteiger partial charge in [0.15, 0.2) is 5.03 Å². The smallest absolute Gasteiger partial charge is 0.408 e. The lowest BCUT2D eigenvalue weighted by Crippen LogP contribution is -2.58. The van der Waals surface area contributed by atoms with Crippen LogP contribution in [-0.2, 0) is 45.3 Å². The van der Waals surface area contributed by atoms with E-state index in [1.165, 1.54) is 12.1 Å². The zero-order valence-corrected chi connectivity index (χ0v) is 32.8. The van der Waals surface area contributed by atoms with Crippen molar-refractivity contribution in [3.63, 3.8) is 0 Å². The number of nitrogens with zero attached hydrogens (tertiary/aromatic N) is 2. The maximum Gasteiger partial charge on any atom is 0.408 e. The fourth-order valence-electron chi connectivity index (χ4n) is 5.09. The summed E-state index contributed by atoms with van der Waals surface area (Å²) in [5, 5.41) is 47.5. The molecule has 0 fully saturated rings. The fourth-order valence-corrected chi connectivity index (χ4v) is 6.16. The van der Waals surface area contributed by atoms with Gasteiger partial charge in [0.25, 0.3) is 5.96 Å². The van der Waals surface area contributed by atoms with Crippen LogP contribution in [0.4, 0.5) is 4.79 Å². The van der Waals surface area contributed by atoms with Gasteiger partial charge in [-0.2, -0.15) is 0 Å². The van der Waals surface area contributed by atoms with Gasteiger partial charge < -0.3 is 47.1 Å². The number of benzene rings is 2. The third-order valence-corrected chi connectivity index (χ3v) is 9.69. The maximum atomic E-state index is 13.4. The summed E-state index contributed by atoms with van der Waals surface area (Å²) in [6.07, 6.45) is -2.29. The molecule has 23 nitrogen and oxygen atoms in total. The predicted octanol–water partition coefficient (Wildman–Crippen LogP) is -0.989. The SMILES string of the molecule is Cc1ccc(S(=O)(=O)NCCCC[C@H](NC(=O)[C@H](CO)NC(=O)[C@H](CCCN=C(N)N[N+](=O)[O-])NC(=O)OCc2ccccc2)C(=O)N[C@@H](CCC(=O)O)C(=O)O)cc1. The van der Waals surface area contributed by atoms with E-state index >= 15 is 0 Å². The highest BCUT2D eigenvalue weighted by Gasteiger charge is 2.31. The molecule has 0 aliphatic heterocycles. The van der Waals surface area contributed by atoms with E-state index in [-0.39, 0.29) is 56.7 Å². The largest absolute Gasteiger partial charge is 0.481 e. The van der Waals surface area contributed by atoms with Crippen LogP contribution >= 0.6 is 0 Å². The van der Waals surface area contributed by atoms with Gasteiger partial charge in [0.1, 0.15) is 30.8 Å². The first-order valence-electron chi connectivity index (χ1n) is 18.1. The number of aliphatic hydroxyl groups is 1. The van der Waals surface area contributed by atoms with Crippen molar-refractivity contribution >= 4 is 51.7 Å². The number of hydrogen-bond donors (Lipinski definition) is 10. The molecule has 0 aromatic heterocycles. The number of alkyl carbamates (subject to hydrolysis) is 1. The third kappa shape index (κ3) is 19.1. The molecule has 0 aliphatic rings. The number of hydrazine groups is 1. The Bertz CT molecular complexity index is 1880. The number of aliphatic hydroxyl groups excluding tert-OH is 1. The highest BCUT2D eigenvalue weighted by Crippen LogP contribution is 2.11. The highest BCUT2D eigenvalue weighted by molar-refractivity contribution is 7.89. The van der Waals surface area contributed by atoms with Crippen LogP contribution < -0.4 is 37.1 Å². The number of aliphatic carboxylic acids is 2. The number of amides is 4. The quantitative estimate of drug-likeness (QED) is 0.0179. The number of nitro groups is 1. The minimum absolute atomic E-state index is 0.0170. The third-order valence-electron chi connectivity index (χ3n) is 8.21. The molecule has 2 aromatic rings. The van der Waals surface area contributed by atoms with Crippen molar-refractivity contribution < 1.29 is 62.3 Å². The number of guanidine groups is 1. The summed E-state index contributed by atoms with van der Waals surface area (Å²) in [4.78, 5) is 90.1. The summed E-state index contributed by atoms with van der Waals surface area (Å²) in [5.74, 6) is -6.58. The van der Waals surface area contributed by atoms with Crippen LogP contribution in [0, 0.1) is 17.0 Å². The summed E-state index contributed by atoms with van der Waals surface area (Å²) in [6, 6.07) is 8.27. The zero-order chi connectivity index (χ0) is 44.0. The summed E-state index contributed by atoms with van der Waals surface area (Å²) in [7, 11) is -3.88. The van der Waals surface area contributed by atoms with Crippen molar-refractivity contribution in [3.8, 4) is 0 Å². The van der Waals surface area contributed by atoms with Gasteiger partial charge in [-0.05, 0) is 63.1 Å². The number of unbranched alkanes of at least 4 members (excludes halogenated alkanes) is 1. The van der Waals surface area contributed by atoms with Crippen LogP contribution in [0.3, 0.4) is 0 Å². The number of ether oxygens (including phenoxy) is 1. The molecule has 0 spiro atoms. The second kappa shape index (κ2) is 25.1. The van der Waals surface area contributed by atoms with Crippen molar-refractivity contribution in [1.29, 1.82) is 0 Å². The van der Waals surface area contributed by atoms with Crippen molar-refractivity contribution in [1.82, 2.24) is 31.4 Å². The zero-order valence-electron chi connectivity index (χ0n) is 32.0. The van der Waals surface area contributed by atoms with Crippen molar-refractivity contribution in [3.05, 3.63) is 75.8 Å². The number of nitrogens with two attached hydrogens (primary N) is 1. The van der Waals surface area contributed by atoms with E-state index in [0.717, 1.165) is 5.56 Å². The van der Waals surface area contributed by atoms with Gasteiger partial charge in [-0.3, -0.25) is 19.2 Å². The molecule has 0 unspecified atom stereocenters. The Morgan fingerprint density at radius 3 is 1.98 bits per heavy atom. The fraction of sp³-hybridized carbons (Fsp3) is 0.457. The molecule has 0 saturated heterocycles. The Morgan fingerprint density at radius 1 is 0.814 bits per heavy atom. The molecule has 0 saturated carbocycles. The van der Waals surface area contributed by atoms with E-state index in [2.05, 4.69) is 31.0 Å². The molecule has 24 heteroatoms. The molecule has 59 heavy (non-hydrogen) atoms. The van der Waals surface area contributed by atoms with Crippen LogP contribution in [0.1, 0.15) is 56.1 Å². The van der Waals surface area contributed by atoms with Crippen LogP contribution in [0.25, 0.3) is 0 Å². The van der Waals surface area contributed by atoms with Crippen LogP contribution in [-0.4, -0.2) is 114 Å². The number of nitrogens with one attached hydrogen (secondary N) is 6. The van der Waals surface area contributed by atoms with Crippen LogP contribution in [0.15, 0.2) is 64.5 Å². The molecule has 4 atom stereocenters. The van der Waals surface area contributed by atoms with Gasteiger partial charge >= 0.3 is 18.0 Å². The van der Waals surface area contributed by atoms with Crippen LogP contribution in [0.2, 0.25) is 0 Å². The van der Waals surface area contributed by atoms with Gasteiger partial charge in [0.2, 0.25) is 27.7 Å². The summed E-state index contributed by atoms with van der Waals surface area (Å²) >= 11 is 0. The minimum atomic E-state index is -3.88. The maximum absolute atomic E-state index is 13.4. The monoisotopic (exact) mass is 851 g/mol. The van der Waals surface area contributed by atoms with Gasteiger partial charge in [-0.15, -0.1) is 0 Å². The molecular weight excluding hydrogens is 803 g/mol. The highest BCUT2D eigenvalue weighted by atomic mass is 32.2. The lowest BCUT2D eigenvalue weighted by molar-refractivity contribution is -0.525. The minimum Gasteiger partial charge on any atom is -0.481 e. The van der Waals surface area contributed by atoms with Crippen molar-refractivity contribution in [2.45, 2.75) is 87.5 Å². The van der Waals surface area contributed by atoms with Crippen LogP contribution in [0.5, 0.6) is 0 Å². The molecule has 2 aromatic carbocycles. The molecule has 0 heterocycles. The second-order valence-electron chi connectivity index (χ2n) is 12.9. The molecule has 0 radical (unpaired) electrons. The molecule has 4 amide bonds. The van der Waals surface area contributed by atoms with E-state index in [4.69, 9.17) is 15.6 Å². The number of sulfonamides is 1. The molecule has 2 rings (SSSR count). The standard InChI is InChI=1S/C35H49N9O14S/c1-22-12-14-24(15-13-22)59(56,57)38-19-6-5-10-25(30(48)40-27(33(51)52)16-17-29(46)47)39-32(50)28(20-45)41-31(49)26(11-7-18-37-34(36)43-44(54)55)42-35(53)58-21-23-8-3-2-4-9-23/h2-4,8-9,12-15,25-28,38,45H,5-7,10-11,16-21H2,1H3,(H,39,50)(H,40,48)(H,41,49)(H,42,53)(H,46,47)(H,51,52)(H3,36,37,43)/t25-,26-,27-,28-/m0/s1. The van der Waals surface area contributed by atoms with Gasteiger partial charge in [-0.1, -0.05) is 53.5 Å². The molecule has 324 valence electrons. The average molecular weight is 852 g/mol. The average Bonchev–Trinajstić information content (AvgIpc) is 3.18. The van der Waals surface area contributed by atoms with Gasteiger partial charge in [0, 0.05) is 19.5 Å². The van der Waals surface area contributed by atoms with Crippen molar-refractivity contribution in [2.75, 3.05) is 19.7 Å². The number of carbonyl (C=O) groups is 6. The lowest BCUT2D eigenvalue weighted by atomic mass is 10.1. The second-order valence-corrected chi connectivity index (χ2v) is 14.6. The normalized spacial score (nSPS) is 13.4. The van der Waals surface area contributed by atoms with E-state index < -0.39 is 100 Å². The number of carboxylic acids is 2. The predicted molar refractivity (Wildman–Crippen MR) is 207 cm³/mol. The molecule has 0 bridgehead atoms. The Morgan fingerprint density at radius 2 is 1.39 bits per heavy atom. The lowest BCUT2D eigenvalue weighted by Gasteiger charge is -2.25. The number of aryl methyl sites for hydroxylation is 1. The molecular formula is C35H49N9O14S.